The van der Waals surface area contributed by atoms with Gasteiger partial charge in [-0.05, 0) is 42.2 Å². The van der Waals surface area contributed by atoms with Crippen LogP contribution in [0.3, 0.4) is 0 Å². The van der Waals surface area contributed by atoms with Crippen molar-refractivity contribution in [2.45, 2.75) is 12.8 Å². The molecule has 1 aliphatic carbocycles. The molecule has 0 saturated carbocycles. The highest BCUT2D eigenvalue weighted by Crippen LogP contribution is 2.30. The molecule has 0 fully saturated rings. The first-order valence-electron chi connectivity index (χ1n) is 4.83. The van der Waals surface area contributed by atoms with Crippen LogP contribution in [0.15, 0.2) is 23.1 Å². The summed E-state index contributed by atoms with van der Waals surface area (Å²) in [5.41, 5.74) is 1.72. The standard InChI is InChI=1S/C11H11FO3S/c1-15-10-4-2-8-3-5-11(16(12,13)14)7-9(8)6-10/h2,4,6-7H,3,5H2,1H3. The number of benzene rings is 1. The SMILES string of the molecule is COc1ccc2c(c1)C=C(S(=O)(=O)F)CC2. The van der Waals surface area contributed by atoms with Crippen LogP contribution in [0.4, 0.5) is 3.89 Å². The van der Waals surface area contributed by atoms with Crippen molar-refractivity contribution in [2.24, 2.45) is 0 Å². The minimum atomic E-state index is -4.57. The summed E-state index contributed by atoms with van der Waals surface area (Å²) < 4.78 is 39.4. The molecule has 1 aromatic carbocycles. The number of fused-ring (bicyclic) bond motifs is 1. The van der Waals surface area contributed by atoms with Crippen LogP contribution in [0.5, 0.6) is 5.75 Å². The van der Waals surface area contributed by atoms with E-state index in [-0.39, 0.29) is 11.3 Å². The molecule has 0 aromatic heterocycles. The first-order valence-corrected chi connectivity index (χ1v) is 6.21. The van der Waals surface area contributed by atoms with Crippen LogP contribution in [-0.4, -0.2) is 15.5 Å². The average Bonchev–Trinajstić information content (AvgIpc) is 2.26. The van der Waals surface area contributed by atoms with Crippen LogP contribution >= 0.6 is 0 Å². The molecular weight excluding hydrogens is 231 g/mol. The van der Waals surface area contributed by atoms with Gasteiger partial charge < -0.3 is 4.74 Å². The van der Waals surface area contributed by atoms with E-state index in [9.17, 15) is 12.3 Å². The molecule has 0 saturated heterocycles. The van der Waals surface area contributed by atoms with Crippen molar-refractivity contribution in [1.82, 2.24) is 0 Å². The van der Waals surface area contributed by atoms with Crippen LogP contribution < -0.4 is 4.74 Å². The Morgan fingerprint density at radius 3 is 2.69 bits per heavy atom. The van der Waals surface area contributed by atoms with Crippen LogP contribution in [-0.2, 0) is 16.6 Å². The zero-order valence-corrected chi connectivity index (χ0v) is 9.55. The highest BCUT2D eigenvalue weighted by molar-refractivity contribution is 7.90. The molecule has 3 nitrogen and oxygen atoms in total. The maximum Gasteiger partial charge on any atom is 0.328 e. The first kappa shape index (κ1) is 11.1. The summed E-state index contributed by atoms with van der Waals surface area (Å²) in [4.78, 5) is -0.159. The van der Waals surface area contributed by atoms with E-state index in [2.05, 4.69) is 0 Å². The smallest absolute Gasteiger partial charge is 0.328 e. The summed E-state index contributed by atoms with van der Waals surface area (Å²) in [6, 6.07) is 5.38. The van der Waals surface area contributed by atoms with E-state index in [1.807, 2.05) is 12.1 Å². The Labute approximate surface area is 93.8 Å². The molecule has 5 heteroatoms. The minimum absolute atomic E-state index is 0.159. The zero-order valence-electron chi connectivity index (χ0n) is 8.73. The van der Waals surface area contributed by atoms with Crippen LogP contribution in [0.1, 0.15) is 17.5 Å². The Morgan fingerprint density at radius 2 is 2.06 bits per heavy atom. The first-order chi connectivity index (χ1) is 7.50. The molecular formula is C11H11FO3S. The maximum atomic E-state index is 12.8. The van der Waals surface area contributed by atoms with Crippen LogP contribution in [0, 0.1) is 0 Å². The van der Waals surface area contributed by atoms with Gasteiger partial charge in [-0.15, -0.1) is 3.89 Å². The van der Waals surface area contributed by atoms with E-state index in [1.54, 1.807) is 6.07 Å². The Morgan fingerprint density at radius 1 is 1.31 bits per heavy atom. The zero-order chi connectivity index (χ0) is 11.8. The fraction of sp³-hybridized carbons (Fsp3) is 0.273. The third-order valence-electron chi connectivity index (χ3n) is 2.62. The number of methoxy groups -OCH3 is 1. The molecule has 16 heavy (non-hydrogen) atoms. The Bertz CT molecular complexity index is 546. The van der Waals surface area contributed by atoms with Gasteiger partial charge in [0.2, 0.25) is 0 Å². The van der Waals surface area contributed by atoms with E-state index >= 15 is 0 Å². The van der Waals surface area contributed by atoms with Crippen molar-refractivity contribution in [1.29, 1.82) is 0 Å². The molecule has 0 aliphatic heterocycles. The second-order valence-electron chi connectivity index (χ2n) is 3.61. The van der Waals surface area contributed by atoms with Crippen molar-refractivity contribution < 1.29 is 17.0 Å². The third-order valence-corrected chi connectivity index (χ3v) is 3.57. The van der Waals surface area contributed by atoms with Gasteiger partial charge in [0.25, 0.3) is 0 Å². The van der Waals surface area contributed by atoms with E-state index in [0.29, 0.717) is 17.7 Å². The predicted octanol–water partition coefficient (Wildman–Crippen LogP) is 2.28. The Kier molecular flexibility index (Phi) is 2.71. The van der Waals surface area contributed by atoms with E-state index in [4.69, 9.17) is 4.74 Å². The topological polar surface area (TPSA) is 43.4 Å². The van der Waals surface area contributed by atoms with Crippen LogP contribution in [0.2, 0.25) is 0 Å². The van der Waals surface area contributed by atoms with E-state index < -0.39 is 10.2 Å². The molecule has 0 radical (unpaired) electrons. The van der Waals surface area contributed by atoms with Gasteiger partial charge in [-0.25, -0.2) is 0 Å². The molecule has 0 atom stereocenters. The second kappa shape index (κ2) is 3.90. The van der Waals surface area contributed by atoms with Gasteiger partial charge in [0.15, 0.2) is 0 Å². The van der Waals surface area contributed by atoms with Crippen molar-refractivity contribution >= 4 is 16.3 Å². The third kappa shape index (κ3) is 2.09. The van der Waals surface area contributed by atoms with Gasteiger partial charge in [-0.1, -0.05) is 6.07 Å². The number of aryl methyl sites for hydroxylation is 1. The molecule has 1 aliphatic rings. The molecule has 0 amide bonds. The van der Waals surface area contributed by atoms with Crippen LogP contribution in [0.25, 0.3) is 6.08 Å². The molecule has 1 aromatic rings. The lowest BCUT2D eigenvalue weighted by Gasteiger charge is -2.14. The van der Waals surface area contributed by atoms with Crippen molar-refractivity contribution in [3.8, 4) is 5.75 Å². The summed E-state index contributed by atoms with van der Waals surface area (Å²) in [6.45, 7) is 0. The molecule has 0 spiro atoms. The highest BCUT2D eigenvalue weighted by Gasteiger charge is 2.20. The monoisotopic (exact) mass is 242 g/mol. The van der Waals surface area contributed by atoms with Gasteiger partial charge in [0, 0.05) is 0 Å². The van der Waals surface area contributed by atoms with Gasteiger partial charge in [0.1, 0.15) is 5.75 Å². The number of rotatable bonds is 2. The summed E-state index contributed by atoms with van der Waals surface area (Å²) >= 11 is 0. The molecule has 0 heterocycles. The number of ether oxygens (including phenoxy) is 1. The van der Waals surface area contributed by atoms with Gasteiger partial charge in [-0.2, -0.15) is 8.42 Å². The molecule has 0 bridgehead atoms. The lowest BCUT2D eigenvalue weighted by Crippen LogP contribution is -2.05. The summed E-state index contributed by atoms with van der Waals surface area (Å²) in [7, 11) is -3.04. The van der Waals surface area contributed by atoms with E-state index in [1.165, 1.54) is 13.2 Å². The lowest BCUT2D eigenvalue weighted by atomic mass is 9.97. The molecule has 0 unspecified atom stereocenters. The normalized spacial score (nSPS) is 15.2. The highest BCUT2D eigenvalue weighted by atomic mass is 32.3. The number of allylic oxidation sites excluding steroid dienone is 1. The predicted molar refractivity (Wildman–Crippen MR) is 59.3 cm³/mol. The number of hydrogen-bond donors (Lipinski definition) is 0. The quantitative estimate of drug-likeness (QED) is 0.747. The average molecular weight is 242 g/mol. The van der Waals surface area contributed by atoms with Gasteiger partial charge in [-0.3, -0.25) is 0 Å². The van der Waals surface area contributed by atoms with E-state index in [0.717, 1.165) is 5.56 Å². The Balaban J connectivity index is 2.50. The molecule has 86 valence electrons. The fourth-order valence-corrected chi connectivity index (χ4v) is 2.37. The van der Waals surface area contributed by atoms with Gasteiger partial charge >= 0.3 is 10.2 Å². The molecule has 0 N–H and O–H groups in total. The van der Waals surface area contributed by atoms with Crippen molar-refractivity contribution in [3.05, 3.63) is 34.2 Å². The lowest BCUT2D eigenvalue weighted by molar-refractivity contribution is 0.414. The minimum Gasteiger partial charge on any atom is -0.497 e. The summed E-state index contributed by atoms with van der Waals surface area (Å²) in [5, 5.41) is 0. The fourth-order valence-electron chi connectivity index (χ4n) is 1.76. The number of halogens is 1. The summed E-state index contributed by atoms with van der Waals surface area (Å²) in [5.74, 6) is 0.632. The van der Waals surface area contributed by atoms with Gasteiger partial charge in [0.05, 0.1) is 12.0 Å². The summed E-state index contributed by atoms with van der Waals surface area (Å²) in [6.07, 6.45) is 2.13. The van der Waals surface area contributed by atoms with Crippen molar-refractivity contribution in [3.63, 3.8) is 0 Å². The maximum absolute atomic E-state index is 12.8. The second-order valence-corrected chi connectivity index (χ2v) is 5.01. The number of hydrogen-bond acceptors (Lipinski definition) is 3. The largest absolute Gasteiger partial charge is 0.497 e. The van der Waals surface area contributed by atoms with Crippen molar-refractivity contribution in [2.75, 3.05) is 7.11 Å². The molecule has 2 rings (SSSR count). The Hall–Kier alpha value is -1.36.